The van der Waals surface area contributed by atoms with E-state index in [0.29, 0.717) is 11.1 Å². The van der Waals surface area contributed by atoms with Crippen LogP contribution in [0.1, 0.15) is 0 Å². The van der Waals surface area contributed by atoms with Crippen molar-refractivity contribution in [1.29, 1.82) is 0 Å². The molecule has 1 aromatic rings. The second kappa shape index (κ2) is 4.30. The number of anilines is 1. The van der Waals surface area contributed by atoms with E-state index in [9.17, 15) is 18.0 Å². The average molecular weight is 294 g/mol. The molecule has 2 rings (SSSR count). The van der Waals surface area contributed by atoms with Gasteiger partial charge in [0.15, 0.2) is 0 Å². The number of carboxylic acids is 1. The van der Waals surface area contributed by atoms with E-state index in [4.69, 9.17) is 16.7 Å². The van der Waals surface area contributed by atoms with Gasteiger partial charge < -0.3 is 5.11 Å². The predicted octanol–water partition coefficient (Wildman–Crippen LogP) is 1.87. The van der Waals surface area contributed by atoms with Crippen molar-refractivity contribution >= 4 is 23.4 Å². The summed E-state index contributed by atoms with van der Waals surface area (Å²) in [6.07, 6.45) is -3.23. The van der Waals surface area contributed by atoms with Gasteiger partial charge in [0.25, 0.3) is 5.00 Å². The second-order valence-electron chi connectivity index (χ2n) is 3.67. The van der Waals surface area contributed by atoms with E-state index in [1.165, 1.54) is 24.4 Å². The van der Waals surface area contributed by atoms with E-state index in [1.807, 2.05) is 0 Å². The van der Waals surface area contributed by atoms with Crippen molar-refractivity contribution in [2.45, 2.75) is 11.2 Å². The minimum absolute atomic E-state index is 0.151. The summed E-state index contributed by atoms with van der Waals surface area (Å²) in [6.45, 7) is 0. The first-order valence-corrected chi connectivity index (χ1v) is 5.33. The molecule has 2 N–H and O–H groups in total. The SMILES string of the molecule is O=C(O)C1=CC(Cl)(C(F)(F)F)N(c2ccccn2)N1. The molecule has 19 heavy (non-hydrogen) atoms. The number of aromatic nitrogens is 1. The number of halogens is 4. The lowest BCUT2D eigenvalue weighted by Crippen LogP contribution is -2.55. The Labute approximate surface area is 110 Å². The number of hydrogen-bond acceptors (Lipinski definition) is 4. The fourth-order valence-electron chi connectivity index (χ4n) is 1.52. The molecule has 0 saturated heterocycles. The van der Waals surface area contributed by atoms with Crippen molar-refractivity contribution in [3.8, 4) is 0 Å². The van der Waals surface area contributed by atoms with Crippen LogP contribution >= 0.6 is 11.6 Å². The Hall–Kier alpha value is -1.96. The zero-order valence-corrected chi connectivity index (χ0v) is 9.90. The number of carbonyl (C=O) groups is 1. The predicted molar refractivity (Wildman–Crippen MR) is 60.2 cm³/mol. The lowest BCUT2D eigenvalue weighted by atomic mass is 10.2. The van der Waals surface area contributed by atoms with Crippen LogP contribution in [0.25, 0.3) is 0 Å². The van der Waals surface area contributed by atoms with E-state index < -0.39 is 22.8 Å². The van der Waals surface area contributed by atoms with Crippen LogP contribution in [0.2, 0.25) is 0 Å². The minimum Gasteiger partial charge on any atom is -0.477 e. The van der Waals surface area contributed by atoms with Crippen LogP contribution in [0.5, 0.6) is 0 Å². The highest BCUT2D eigenvalue weighted by Gasteiger charge is 2.61. The van der Waals surface area contributed by atoms with Crippen molar-refractivity contribution < 1.29 is 23.1 Å². The van der Waals surface area contributed by atoms with E-state index in [1.54, 1.807) is 0 Å². The van der Waals surface area contributed by atoms with Crippen molar-refractivity contribution in [1.82, 2.24) is 10.4 Å². The molecule has 1 aliphatic rings. The Morgan fingerprint density at radius 2 is 2.16 bits per heavy atom. The highest BCUT2D eigenvalue weighted by Crippen LogP contribution is 2.44. The number of hydrazine groups is 1. The van der Waals surface area contributed by atoms with Gasteiger partial charge in [0.1, 0.15) is 11.5 Å². The monoisotopic (exact) mass is 293 g/mol. The number of pyridine rings is 1. The van der Waals surface area contributed by atoms with Crippen LogP contribution in [0.15, 0.2) is 36.2 Å². The van der Waals surface area contributed by atoms with Crippen LogP contribution in [-0.4, -0.2) is 27.2 Å². The largest absolute Gasteiger partial charge is 0.477 e. The van der Waals surface area contributed by atoms with Crippen molar-refractivity contribution in [3.05, 3.63) is 36.2 Å². The van der Waals surface area contributed by atoms with Crippen molar-refractivity contribution in [3.63, 3.8) is 0 Å². The third-order valence-electron chi connectivity index (χ3n) is 2.40. The van der Waals surface area contributed by atoms with Crippen LogP contribution in [0.4, 0.5) is 19.0 Å². The fourth-order valence-corrected chi connectivity index (χ4v) is 1.76. The summed E-state index contributed by atoms with van der Waals surface area (Å²) >= 11 is 5.54. The molecule has 102 valence electrons. The maximum absolute atomic E-state index is 13.0. The first-order chi connectivity index (χ1) is 8.75. The van der Waals surface area contributed by atoms with Gasteiger partial charge in [0.05, 0.1) is 0 Å². The lowest BCUT2D eigenvalue weighted by molar-refractivity contribution is -0.149. The first-order valence-electron chi connectivity index (χ1n) is 4.95. The summed E-state index contributed by atoms with van der Waals surface area (Å²) in [5.74, 6) is -1.70. The summed E-state index contributed by atoms with van der Waals surface area (Å²) in [5, 5.41) is 9.23. The Morgan fingerprint density at radius 3 is 2.63 bits per heavy atom. The number of nitrogens with one attached hydrogen (secondary N) is 1. The highest BCUT2D eigenvalue weighted by atomic mass is 35.5. The smallest absolute Gasteiger partial charge is 0.431 e. The lowest BCUT2D eigenvalue weighted by Gasteiger charge is -2.33. The van der Waals surface area contributed by atoms with Crippen LogP contribution in [0.3, 0.4) is 0 Å². The van der Waals surface area contributed by atoms with Gasteiger partial charge >= 0.3 is 12.1 Å². The van der Waals surface area contributed by atoms with Gasteiger partial charge in [-0.3, -0.25) is 5.43 Å². The summed E-state index contributed by atoms with van der Waals surface area (Å²) in [7, 11) is 0. The Bertz CT molecular complexity index is 535. The van der Waals surface area contributed by atoms with Gasteiger partial charge in [0, 0.05) is 6.20 Å². The van der Waals surface area contributed by atoms with Gasteiger partial charge in [0.2, 0.25) is 0 Å². The van der Waals surface area contributed by atoms with Gasteiger partial charge in [-0.25, -0.2) is 14.8 Å². The van der Waals surface area contributed by atoms with Crippen LogP contribution in [-0.2, 0) is 4.79 Å². The molecule has 1 aromatic heterocycles. The number of nitrogens with zero attached hydrogens (tertiary/aromatic N) is 2. The van der Waals surface area contributed by atoms with Crippen LogP contribution < -0.4 is 10.4 Å². The maximum atomic E-state index is 13.0. The van der Waals surface area contributed by atoms with Crippen molar-refractivity contribution in [2.24, 2.45) is 0 Å². The number of carboxylic acid groups (broad SMARTS) is 1. The molecular formula is C10H7ClF3N3O2. The molecule has 1 aliphatic heterocycles. The molecule has 9 heteroatoms. The Kier molecular flexibility index (Phi) is 3.05. The molecule has 0 aromatic carbocycles. The fraction of sp³-hybridized carbons (Fsp3) is 0.200. The normalized spacial score (nSPS) is 22.9. The average Bonchev–Trinajstić information content (AvgIpc) is 2.69. The zero-order chi connectivity index (χ0) is 14.3. The molecular weight excluding hydrogens is 287 g/mol. The molecule has 0 radical (unpaired) electrons. The topological polar surface area (TPSA) is 65.5 Å². The van der Waals surface area contributed by atoms with Gasteiger partial charge in [-0.15, -0.1) is 0 Å². The quantitative estimate of drug-likeness (QED) is 0.644. The maximum Gasteiger partial charge on any atom is 0.431 e. The third-order valence-corrected chi connectivity index (χ3v) is 2.89. The summed E-state index contributed by atoms with van der Waals surface area (Å²) in [4.78, 5) is 11.5. The highest BCUT2D eigenvalue weighted by molar-refractivity contribution is 6.28. The summed E-state index contributed by atoms with van der Waals surface area (Å²) < 4.78 is 39.1. The molecule has 0 saturated carbocycles. The molecule has 1 atom stereocenters. The number of alkyl halides is 4. The van der Waals surface area contributed by atoms with Gasteiger partial charge in [-0.1, -0.05) is 17.7 Å². The molecule has 0 spiro atoms. The van der Waals surface area contributed by atoms with Crippen molar-refractivity contribution in [2.75, 3.05) is 5.01 Å². The molecule has 1 unspecified atom stereocenters. The molecule has 0 amide bonds. The third kappa shape index (κ3) is 2.19. The molecule has 0 aliphatic carbocycles. The van der Waals surface area contributed by atoms with Gasteiger partial charge in [-0.2, -0.15) is 13.2 Å². The zero-order valence-electron chi connectivity index (χ0n) is 9.15. The van der Waals surface area contributed by atoms with E-state index in [2.05, 4.69) is 10.4 Å². The minimum atomic E-state index is -4.89. The number of hydrogen-bond donors (Lipinski definition) is 2. The second-order valence-corrected chi connectivity index (χ2v) is 4.25. The van der Waals surface area contributed by atoms with Gasteiger partial charge in [-0.05, 0) is 18.2 Å². The Balaban J connectivity index is 2.48. The molecule has 5 nitrogen and oxygen atoms in total. The molecule has 2 heterocycles. The number of rotatable bonds is 2. The van der Waals surface area contributed by atoms with E-state index in [0.717, 1.165) is 0 Å². The summed E-state index contributed by atoms with van der Waals surface area (Å²) in [6, 6.07) is 4.24. The summed E-state index contributed by atoms with van der Waals surface area (Å²) in [5.41, 5.74) is 1.42. The van der Waals surface area contributed by atoms with E-state index >= 15 is 0 Å². The van der Waals surface area contributed by atoms with E-state index in [-0.39, 0.29) is 5.82 Å². The molecule has 0 bridgehead atoms. The van der Waals surface area contributed by atoms with Crippen LogP contribution in [0, 0.1) is 0 Å². The standard InChI is InChI=1S/C10H7ClF3N3O2/c11-9(10(12,13)14)5-6(8(18)19)16-17(9)7-3-1-2-4-15-7/h1-5,16H,(H,18,19). The first kappa shape index (κ1) is 13.5. The number of aliphatic carboxylic acids is 1. The Morgan fingerprint density at radius 1 is 1.47 bits per heavy atom. The molecule has 0 fully saturated rings.